The minimum absolute atomic E-state index is 0.267. The highest BCUT2D eigenvalue weighted by molar-refractivity contribution is 7.99. The monoisotopic (exact) mass is 380 g/mol. The molecule has 0 fully saturated rings. The number of ether oxygens (including phenoxy) is 1. The maximum Gasteiger partial charge on any atom is 0.197 e. The Morgan fingerprint density at radius 1 is 1.33 bits per heavy atom. The highest BCUT2D eigenvalue weighted by atomic mass is 32.2. The summed E-state index contributed by atoms with van der Waals surface area (Å²) in [5.74, 6) is 1.48. The molecule has 4 rings (SSSR count). The molecule has 0 N–H and O–H groups in total. The largest absolute Gasteiger partial charge is 0.372 e. The number of thioether (sulfide) groups is 2. The van der Waals surface area contributed by atoms with Crippen LogP contribution in [0.3, 0.4) is 0 Å². The van der Waals surface area contributed by atoms with Crippen molar-refractivity contribution in [3.8, 4) is 0 Å². The van der Waals surface area contributed by atoms with Gasteiger partial charge in [-0.2, -0.15) is 0 Å². The molecule has 0 spiro atoms. The van der Waals surface area contributed by atoms with Gasteiger partial charge < -0.3 is 4.74 Å². The number of rotatable bonds is 4. The van der Waals surface area contributed by atoms with Crippen molar-refractivity contribution in [3.05, 3.63) is 10.4 Å². The number of hydrogen-bond donors (Lipinski definition) is 0. The molecule has 0 amide bonds. The zero-order valence-electron chi connectivity index (χ0n) is 14.2. The van der Waals surface area contributed by atoms with Crippen LogP contribution in [0, 0.1) is 5.92 Å². The number of thiophene rings is 1. The van der Waals surface area contributed by atoms with E-state index >= 15 is 0 Å². The fourth-order valence-corrected chi connectivity index (χ4v) is 5.54. The van der Waals surface area contributed by atoms with E-state index in [1.54, 1.807) is 34.9 Å². The summed E-state index contributed by atoms with van der Waals surface area (Å²) in [4.78, 5) is 7.26. The summed E-state index contributed by atoms with van der Waals surface area (Å²) in [6, 6.07) is 0. The second-order valence-electron chi connectivity index (χ2n) is 6.15. The van der Waals surface area contributed by atoms with Gasteiger partial charge in [-0.15, -0.1) is 21.5 Å². The zero-order valence-corrected chi connectivity index (χ0v) is 16.6. The third-order valence-electron chi connectivity index (χ3n) is 4.35. The van der Waals surface area contributed by atoms with Crippen LogP contribution in [0.4, 0.5) is 0 Å². The van der Waals surface area contributed by atoms with Crippen LogP contribution in [0.25, 0.3) is 15.9 Å². The topological polar surface area (TPSA) is 52.3 Å². The van der Waals surface area contributed by atoms with Crippen LogP contribution in [-0.2, 0) is 17.8 Å². The Labute approximate surface area is 153 Å². The maximum atomic E-state index is 6.04. The molecule has 0 saturated heterocycles. The molecule has 0 aromatic carbocycles. The summed E-state index contributed by atoms with van der Waals surface area (Å²) < 4.78 is 8.16. The number of aromatic nitrogens is 4. The lowest BCUT2D eigenvalue weighted by atomic mass is 9.96. The van der Waals surface area contributed by atoms with Crippen molar-refractivity contribution in [2.24, 2.45) is 5.92 Å². The molecule has 0 radical (unpaired) electrons. The lowest BCUT2D eigenvalue weighted by molar-refractivity contribution is 0.00203. The Hall–Kier alpha value is -0.830. The first-order valence-corrected chi connectivity index (χ1v) is 11.1. The van der Waals surface area contributed by atoms with Gasteiger partial charge in [0, 0.05) is 11.3 Å². The van der Waals surface area contributed by atoms with Crippen molar-refractivity contribution in [2.45, 2.75) is 50.2 Å². The van der Waals surface area contributed by atoms with Gasteiger partial charge in [0.2, 0.25) is 0 Å². The normalized spacial score (nSPS) is 18.0. The predicted octanol–water partition coefficient (Wildman–Crippen LogP) is 4.27. The van der Waals surface area contributed by atoms with Crippen molar-refractivity contribution in [1.29, 1.82) is 0 Å². The first kappa shape index (κ1) is 16.6. The first-order chi connectivity index (χ1) is 11.6. The Kier molecular flexibility index (Phi) is 4.49. The van der Waals surface area contributed by atoms with E-state index in [-0.39, 0.29) is 6.10 Å². The summed E-state index contributed by atoms with van der Waals surface area (Å²) in [5.41, 5.74) is 2.31. The van der Waals surface area contributed by atoms with Gasteiger partial charge in [-0.3, -0.25) is 0 Å². The molecule has 128 valence electrons. The second kappa shape index (κ2) is 6.48. The van der Waals surface area contributed by atoms with Gasteiger partial charge in [0.1, 0.15) is 4.83 Å². The molecule has 0 aliphatic carbocycles. The van der Waals surface area contributed by atoms with Gasteiger partial charge >= 0.3 is 0 Å². The highest BCUT2D eigenvalue weighted by Crippen LogP contribution is 2.40. The number of hydrogen-bond acceptors (Lipinski definition) is 7. The third-order valence-corrected chi connectivity index (χ3v) is 6.90. The van der Waals surface area contributed by atoms with Crippen molar-refractivity contribution in [3.63, 3.8) is 0 Å². The quantitative estimate of drug-likeness (QED) is 0.498. The summed E-state index contributed by atoms with van der Waals surface area (Å²) in [5, 5.41) is 12.0. The smallest absolute Gasteiger partial charge is 0.197 e. The molecule has 4 heterocycles. The van der Waals surface area contributed by atoms with Gasteiger partial charge in [0.05, 0.1) is 18.1 Å². The van der Waals surface area contributed by atoms with E-state index in [4.69, 9.17) is 9.72 Å². The fraction of sp³-hybridized carbons (Fsp3) is 0.562. The minimum Gasteiger partial charge on any atom is -0.372 e. The lowest BCUT2D eigenvalue weighted by Gasteiger charge is -2.26. The van der Waals surface area contributed by atoms with Crippen molar-refractivity contribution < 1.29 is 4.74 Å². The van der Waals surface area contributed by atoms with Gasteiger partial charge in [-0.05, 0) is 23.5 Å². The van der Waals surface area contributed by atoms with Gasteiger partial charge in [0.15, 0.2) is 16.0 Å². The van der Waals surface area contributed by atoms with Gasteiger partial charge in [-0.25, -0.2) is 9.38 Å². The van der Waals surface area contributed by atoms with Crippen LogP contribution >= 0.6 is 34.9 Å². The maximum absolute atomic E-state index is 6.04. The molecule has 1 aliphatic rings. The molecule has 1 aliphatic heterocycles. The van der Waals surface area contributed by atoms with Crippen LogP contribution in [0.2, 0.25) is 0 Å². The minimum atomic E-state index is 0.267. The Morgan fingerprint density at radius 3 is 2.88 bits per heavy atom. The summed E-state index contributed by atoms with van der Waals surface area (Å²) in [7, 11) is 0. The Morgan fingerprint density at radius 2 is 2.17 bits per heavy atom. The molecule has 3 aromatic heterocycles. The van der Waals surface area contributed by atoms with Crippen LogP contribution in [0.5, 0.6) is 0 Å². The summed E-state index contributed by atoms with van der Waals surface area (Å²) in [6.45, 7) is 7.26. The molecule has 0 bridgehead atoms. The molecule has 5 nitrogen and oxygen atoms in total. The summed E-state index contributed by atoms with van der Waals surface area (Å²) >= 11 is 5.10. The molecule has 0 saturated carbocycles. The molecule has 8 heteroatoms. The van der Waals surface area contributed by atoms with Crippen molar-refractivity contribution >= 4 is 50.7 Å². The van der Waals surface area contributed by atoms with Gasteiger partial charge in [0.25, 0.3) is 0 Å². The Balaban J connectivity index is 1.98. The average molecular weight is 381 g/mol. The van der Waals surface area contributed by atoms with E-state index in [1.807, 2.05) is 0 Å². The zero-order chi connectivity index (χ0) is 16.8. The lowest BCUT2D eigenvalue weighted by Crippen LogP contribution is -2.26. The van der Waals surface area contributed by atoms with Crippen LogP contribution < -0.4 is 0 Å². The average Bonchev–Trinajstić information content (AvgIpc) is 3.14. The van der Waals surface area contributed by atoms with E-state index in [0.717, 1.165) is 33.0 Å². The van der Waals surface area contributed by atoms with Crippen LogP contribution in [0.15, 0.2) is 10.3 Å². The van der Waals surface area contributed by atoms with E-state index < -0.39 is 0 Å². The second-order valence-corrected chi connectivity index (χ2v) is 9.24. The molecule has 24 heavy (non-hydrogen) atoms. The standard InChI is InChI=1S/C16H20N4OS3/c1-5-23-16-19-18-13-12-9-6-10(8(2)3)21-7-11(9)24-14(12)17-15(22-4)20(13)16/h8,10H,5-7H2,1-4H3. The summed E-state index contributed by atoms with van der Waals surface area (Å²) in [6.07, 6.45) is 3.26. The van der Waals surface area contributed by atoms with E-state index in [0.29, 0.717) is 12.5 Å². The fourth-order valence-electron chi connectivity index (χ4n) is 3.11. The molecule has 3 aromatic rings. The number of nitrogens with zero attached hydrogens (tertiary/aromatic N) is 4. The van der Waals surface area contributed by atoms with Crippen LogP contribution in [-0.4, -0.2) is 37.7 Å². The van der Waals surface area contributed by atoms with Gasteiger partial charge in [-0.1, -0.05) is 44.3 Å². The molecular weight excluding hydrogens is 360 g/mol. The Bertz CT molecular complexity index is 902. The third kappa shape index (κ3) is 2.55. The molecule has 1 atom stereocenters. The van der Waals surface area contributed by atoms with Crippen LogP contribution in [0.1, 0.15) is 31.2 Å². The molecular formula is C16H20N4OS3. The van der Waals surface area contributed by atoms with Crippen molar-refractivity contribution in [2.75, 3.05) is 12.0 Å². The van der Waals surface area contributed by atoms with E-state index in [9.17, 15) is 0 Å². The SMILES string of the molecule is CCSc1nnc2c3c4c(sc3nc(SC)n12)COC(C(C)C)C4. The van der Waals surface area contributed by atoms with E-state index in [2.05, 4.69) is 41.6 Å². The first-order valence-electron chi connectivity index (χ1n) is 8.11. The molecule has 1 unspecified atom stereocenters. The van der Waals surface area contributed by atoms with E-state index in [1.165, 1.54) is 15.8 Å². The number of fused-ring (bicyclic) bond motifs is 5. The van der Waals surface area contributed by atoms with Crippen molar-refractivity contribution in [1.82, 2.24) is 19.6 Å². The highest BCUT2D eigenvalue weighted by Gasteiger charge is 2.28. The predicted molar refractivity (Wildman–Crippen MR) is 101 cm³/mol.